The summed E-state index contributed by atoms with van der Waals surface area (Å²) < 4.78 is 0. The maximum absolute atomic E-state index is 6.33. The van der Waals surface area contributed by atoms with Crippen molar-refractivity contribution in [3.8, 4) is 0 Å². The summed E-state index contributed by atoms with van der Waals surface area (Å²) >= 11 is 0. The van der Waals surface area contributed by atoms with Gasteiger partial charge in [0.2, 0.25) is 0 Å². The molecule has 6 heteroatoms. The predicted molar refractivity (Wildman–Crippen MR) is 97.8 cm³/mol. The molecule has 0 aliphatic rings. The first-order valence-corrected chi connectivity index (χ1v) is 7.81. The third kappa shape index (κ3) is 3.27. The Bertz CT molecular complexity index is 819. The van der Waals surface area contributed by atoms with Crippen LogP contribution in [-0.2, 0) is 0 Å². The van der Waals surface area contributed by atoms with Gasteiger partial charge in [-0.15, -0.1) is 0 Å². The number of para-hydroxylation sites is 1. The number of pyridine rings is 1. The number of anilines is 5. The number of aryl methyl sites for hydroxylation is 1. The van der Waals surface area contributed by atoms with E-state index in [2.05, 4.69) is 27.2 Å². The van der Waals surface area contributed by atoms with Crippen molar-refractivity contribution < 1.29 is 0 Å². The summed E-state index contributed by atoms with van der Waals surface area (Å²) in [5.41, 5.74) is 8.96. The summed E-state index contributed by atoms with van der Waals surface area (Å²) in [6.45, 7) is 4.81. The second-order valence-electron chi connectivity index (χ2n) is 5.38. The highest BCUT2D eigenvalue weighted by Crippen LogP contribution is 2.32. The highest BCUT2D eigenvalue weighted by molar-refractivity contribution is 5.80. The van der Waals surface area contributed by atoms with Crippen LogP contribution < -0.4 is 16.0 Å². The summed E-state index contributed by atoms with van der Waals surface area (Å²) in [6.07, 6.45) is 3.26. The average Bonchev–Trinajstić information content (AvgIpc) is 2.60. The molecule has 0 aliphatic carbocycles. The van der Waals surface area contributed by atoms with Crippen molar-refractivity contribution >= 4 is 28.8 Å². The van der Waals surface area contributed by atoms with Gasteiger partial charge in [0.25, 0.3) is 0 Å². The molecule has 0 spiro atoms. The van der Waals surface area contributed by atoms with Crippen molar-refractivity contribution in [2.24, 2.45) is 0 Å². The molecular formula is C18H20N6. The topological polar surface area (TPSA) is 80.0 Å². The van der Waals surface area contributed by atoms with E-state index < -0.39 is 0 Å². The van der Waals surface area contributed by atoms with Gasteiger partial charge in [-0.1, -0.05) is 18.2 Å². The van der Waals surface area contributed by atoms with Crippen molar-refractivity contribution in [1.29, 1.82) is 0 Å². The second kappa shape index (κ2) is 6.95. The van der Waals surface area contributed by atoms with Crippen molar-refractivity contribution in [2.75, 3.05) is 22.5 Å². The Balaban J connectivity index is 1.95. The van der Waals surface area contributed by atoms with Crippen LogP contribution >= 0.6 is 0 Å². The number of hydrogen-bond donors (Lipinski definition) is 2. The molecule has 0 saturated carbocycles. The molecule has 2 aromatic heterocycles. The third-order valence-electron chi connectivity index (χ3n) is 3.66. The SMILES string of the molecule is CCN(c1ccccc1)c1ncnc(Nc2cc(C)ccn2)c1N. The third-order valence-corrected chi connectivity index (χ3v) is 3.66. The molecule has 0 bridgehead atoms. The summed E-state index contributed by atoms with van der Waals surface area (Å²) in [6, 6.07) is 13.9. The van der Waals surface area contributed by atoms with Crippen LogP contribution in [0, 0.1) is 6.92 Å². The van der Waals surface area contributed by atoms with Crippen molar-refractivity contribution in [3.05, 3.63) is 60.6 Å². The van der Waals surface area contributed by atoms with Crippen LogP contribution in [0.2, 0.25) is 0 Å². The summed E-state index contributed by atoms with van der Waals surface area (Å²) in [4.78, 5) is 15.0. The van der Waals surface area contributed by atoms with E-state index in [4.69, 9.17) is 5.73 Å². The zero-order chi connectivity index (χ0) is 16.9. The van der Waals surface area contributed by atoms with Gasteiger partial charge >= 0.3 is 0 Å². The summed E-state index contributed by atoms with van der Waals surface area (Å²) in [5.74, 6) is 1.93. The fraction of sp³-hybridized carbons (Fsp3) is 0.167. The molecule has 1 aromatic carbocycles. The van der Waals surface area contributed by atoms with E-state index in [1.165, 1.54) is 6.33 Å². The molecule has 0 amide bonds. The second-order valence-corrected chi connectivity index (χ2v) is 5.38. The number of hydrogen-bond acceptors (Lipinski definition) is 6. The Hall–Kier alpha value is -3.15. The van der Waals surface area contributed by atoms with Crippen LogP contribution in [0.4, 0.5) is 28.8 Å². The van der Waals surface area contributed by atoms with Crippen LogP contribution in [0.1, 0.15) is 12.5 Å². The van der Waals surface area contributed by atoms with Crippen molar-refractivity contribution in [2.45, 2.75) is 13.8 Å². The molecule has 0 saturated heterocycles. The minimum atomic E-state index is 0.492. The normalized spacial score (nSPS) is 10.4. The number of nitrogens with two attached hydrogens (primary N) is 1. The first-order chi connectivity index (χ1) is 11.7. The molecule has 3 aromatic rings. The van der Waals surface area contributed by atoms with Crippen LogP contribution in [0.15, 0.2) is 55.0 Å². The monoisotopic (exact) mass is 320 g/mol. The Kier molecular flexibility index (Phi) is 4.56. The van der Waals surface area contributed by atoms with Gasteiger partial charge in [0.05, 0.1) is 0 Å². The van der Waals surface area contributed by atoms with Gasteiger partial charge in [-0.2, -0.15) is 0 Å². The first-order valence-electron chi connectivity index (χ1n) is 7.81. The van der Waals surface area contributed by atoms with Crippen LogP contribution in [0.25, 0.3) is 0 Å². The lowest BCUT2D eigenvalue weighted by Gasteiger charge is -2.24. The van der Waals surface area contributed by atoms with Crippen LogP contribution in [-0.4, -0.2) is 21.5 Å². The fourth-order valence-electron chi connectivity index (χ4n) is 2.49. The van der Waals surface area contributed by atoms with E-state index in [0.29, 0.717) is 23.1 Å². The van der Waals surface area contributed by atoms with Crippen LogP contribution in [0.5, 0.6) is 0 Å². The standard InChI is InChI=1S/C18H20N6/c1-3-24(14-7-5-4-6-8-14)18-16(19)17(21-12-22-18)23-15-11-13(2)9-10-20-15/h4-12H,3,19H2,1-2H3,(H,20,21,22,23). The maximum atomic E-state index is 6.33. The Morgan fingerprint density at radius 3 is 2.58 bits per heavy atom. The Morgan fingerprint density at radius 1 is 1.08 bits per heavy atom. The fourth-order valence-corrected chi connectivity index (χ4v) is 2.49. The molecule has 0 unspecified atom stereocenters. The number of rotatable bonds is 5. The van der Waals surface area contributed by atoms with Gasteiger partial charge in [-0.25, -0.2) is 15.0 Å². The van der Waals surface area contributed by atoms with E-state index >= 15 is 0 Å². The highest BCUT2D eigenvalue weighted by atomic mass is 15.2. The lowest BCUT2D eigenvalue weighted by Crippen LogP contribution is -2.19. The highest BCUT2D eigenvalue weighted by Gasteiger charge is 2.15. The summed E-state index contributed by atoms with van der Waals surface area (Å²) in [5, 5.41) is 3.17. The molecule has 122 valence electrons. The Morgan fingerprint density at radius 2 is 1.88 bits per heavy atom. The van der Waals surface area contributed by atoms with Crippen LogP contribution in [0.3, 0.4) is 0 Å². The van der Waals surface area contributed by atoms with E-state index in [1.54, 1.807) is 6.20 Å². The molecule has 0 atom stereocenters. The lowest BCUT2D eigenvalue weighted by atomic mass is 10.2. The molecule has 0 radical (unpaired) electrons. The van der Waals surface area contributed by atoms with E-state index in [1.807, 2.05) is 54.3 Å². The molecule has 2 heterocycles. The predicted octanol–water partition coefficient (Wildman–Crippen LogP) is 3.66. The number of nitrogens with one attached hydrogen (secondary N) is 1. The van der Waals surface area contributed by atoms with E-state index in [-0.39, 0.29) is 0 Å². The van der Waals surface area contributed by atoms with E-state index in [9.17, 15) is 0 Å². The molecule has 6 nitrogen and oxygen atoms in total. The maximum Gasteiger partial charge on any atom is 0.161 e. The molecule has 3 rings (SSSR count). The zero-order valence-corrected chi connectivity index (χ0v) is 13.8. The Labute approximate surface area is 141 Å². The lowest BCUT2D eigenvalue weighted by molar-refractivity contribution is 0.980. The smallest absolute Gasteiger partial charge is 0.161 e. The number of aromatic nitrogens is 3. The number of benzene rings is 1. The molecular weight excluding hydrogens is 300 g/mol. The zero-order valence-electron chi connectivity index (χ0n) is 13.8. The molecule has 3 N–H and O–H groups in total. The van der Waals surface area contributed by atoms with Gasteiger partial charge in [0.15, 0.2) is 11.6 Å². The first kappa shape index (κ1) is 15.7. The average molecular weight is 320 g/mol. The quantitative estimate of drug-likeness (QED) is 0.747. The van der Waals surface area contributed by atoms with E-state index in [0.717, 1.165) is 17.8 Å². The number of nitrogens with zero attached hydrogens (tertiary/aromatic N) is 4. The van der Waals surface area contributed by atoms with Crippen molar-refractivity contribution in [1.82, 2.24) is 15.0 Å². The largest absolute Gasteiger partial charge is 0.393 e. The van der Waals surface area contributed by atoms with Crippen molar-refractivity contribution in [3.63, 3.8) is 0 Å². The molecule has 24 heavy (non-hydrogen) atoms. The van der Waals surface area contributed by atoms with Gasteiger partial charge in [-0.3, -0.25) is 0 Å². The molecule has 0 fully saturated rings. The number of nitrogen functional groups attached to an aromatic ring is 1. The van der Waals surface area contributed by atoms with Gasteiger partial charge < -0.3 is 16.0 Å². The van der Waals surface area contributed by atoms with Gasteiger partial charge in [0.1, 0.15) is 17.8 Å². The van der Waals surface area contributed by atoms with Gasteiger partial charge in [-0.05, 0) is 43.7 Å². The minimum absolute atomic E-state index is 0.492. The minimum Gasteiger partial charge on any atom is -0.393 e. The van der Waals surface area contributed by atoms with Gasteiger partial charge in [0, 0.05) is 18.4 Å². The summed E-state index contributed by atoms with van der Waals surface area (Å²) in [7, 11) is 0. The molecule has 0 aliphatic heterocycles.